The molecule has 0 radical (unpaired) electrons. The van der Waals surface area contributed by atoms with Crippen molar-refractivity contribution in [3.05, 3.63) is 51.7 Å². The first kappa shape index (κ1) is 20.6. The first-order chi connectivity index (χ1) is 12.1. The minimum atomic E-state index is -3.61. The number of carbonyl (C=O) groups is 1. The second kappa shape index (κ2) is 8.33. The van der Waals surface area contributed by atoms with Gasteiger partial charge in [-0.05, 0) is 47.0 Å². The number of hydrogen-bond acceptors (Lipinski definition) is 4. The Balaban J connectivity index is 1.84. The summed E-state index contributed by atoms with van der Waals surface area (Å²) in [7, 11) is -3.61. The number of nitrogens with one attached hydrogen (secondary N) is 2. The molecule has 5 nitrogen and oxygen atoms in total. The highest BCUT2D eigenvalue weighted by atomic mass is 32.2. The van der Waals surface area contributed by atoms with E-state index in [9.17, 15) is 13.2 Å². The Morgan fingerprint density at radius 3 is 2.31 bits per heavy atom. The molecule has 1 heterocycles. The van der Waals surface area contributed by atoms with Gasteiger partial charge in [-0.15, -0.1) is 11.3 Å². The Morgan fingerprint density at radius 1 is 1.12 bits per heavy atom. The number of carbonyl (C=O) groups excluding carboxylic acids is 1. The van der Waals surface area contributed by atoms with E-state index in [0.29, 0.717) is 6.54 Å². The van der Waals surface area contributed by atoms with Crippen molar-refractivity contribution in [1.29, 1.82) is 0 Å². The molecular formula is C19H26N2O3S2. The Morgan fingerprint density at radius 2 is 1.77 bits per heavy atom. The van der Waals surface area contributed by atoms with Gasteiger partial charge in [-0.25, -0.2) is 13.1 Å². The lowest BCUT2D eigenvalue weighted by atomic mass is 9.87. The molecule has 7 heteroatoms. The van der Waals surface area contributed by atoms with Crippen LogP contribution in [0.1, 0.15) is 43.2 Å². The van der Waals surface area contributed by atoms with Crippen molar-refractivity contribution in [2.24, 2.45) is 0 Å². The van der Waals surface area contributed by atoms with Crippen LogP contribution in [0.4, 0.5) is 0 Å². The third-order valence-corrected chi connectivity index (χ3v) is 6.59. The molecular weight excluding hydrogens is 368 g/mol. The molecule has 2 rings (SSSR count). The van der Waals surface area contributed by atoms with Crippen molar-refractivity contribution in [3.63, 3.8) is 0 Å². The van der Waals surface area contributed by atoms with Crippen LogP contribution in [0.25, 0.3) is 0 Å². The smallest absolute Gasteiger partial charge is 0.240 e. The maximum absolute atomic E-state index is 12.3. The molecule has 0 fully saturated rings. The minimum Gasteiger partial charge on any atom is -0.351 e. The molecule has 0 aliphatic heterocycles. The number of sulfonamides is 1. The molecule has 0 saturated carbocycles. The Kier molecular flexibility index (Phi) is 6.60. The van der Waals surface area contributed by atoms with Gasteiger partial charge in [-0.1, -0.05) is 32.9 Å². The van der Waals surface area contributed by atoms with Crippen LogP contribution in [0.15, 0.2) is 40.6 Å². The summed E-state index contributed by atoms with van der Waals surface area (Å²) in [5.41, 5.74) is 2.18. The molecule has 1 aromatic heterocycles. The summed E-state index contributed by atoms with van der Waals surface area (Å²) < 4.78 is 27.1. The average Bonchev–Trinajstić information content (AvgIpc) is 2.97. The number of thiophene rings is 1. The molecule has 2 aromatic rings. The predicted octanol–water partition coefficient (Wildman–Crippen LogP) is 3.34. The highest BCUT2D eigenvalue weighted by molar-refractivity contribution is 7.89. The third kappa shape index (κ3) is 5.65. The maximum atomic E-state index is 12.3. The topological polar surface area (TPSA) is 75.3 Å². The Hall–Kier alpha value is -1.70. The van der Waals surface area contributed by atoms with Crippen LogP contribution in [0.5, 0.6) is 0 Å². The summed E-state index contributed by atoms with van der Waals surface area (Å²) in [6.07, 6.45) is 0.101. The molecule has 0 aliphatic rings. The van der Waals surface area contributed by atoms with E-state index in [1.165, 1.54) is 0 Å². The van der Waals surface area contributed by atoms with Crippen LogP contribution in [-0.2, 0) is 26.8 Å². The van der Waals surface area contributed by atoms with E-state index in [0.717, 1.165) is 16.0 Å². The normalized spacial score (nSPS) is 12.2. The highest BCUT2D eigenvalue weighted by Gasteiger charge is 2.17. The largest absolute Gasteiger partial charge is 0.351 e. The van der Waals surface area contributed by atoms with Crippen molar-refractivity contribution in [1.82, 2.24) is 10.0 Å². The van der Waals surface area contributed by atoms with E-state index < -0.39 is 10.0 Å². The fourth-order valence-electron chi connectivity index (χ4n) is 2.37. The number of aryl methyl sites for hydroxylation is 1. The van der Waals surface area contributed by atoms with Crippen molar-refractivity contribution in [2.75, 3.05) is 6.54 Å². The summed E-state index contributed by atoms with van der Waals surface area (Å²) in [6, 6.07) is 8.85. The summed E-state index contributed by atoms with van der Waals surface area (Å²) in [5, 5.41) is 4.79. The second-order valence-electron chi connectivity index (χ2n) is 7.23. The molecule has 0 atom stereocenters. The molecule has 26 heavy (non-hydrogen) atoms. The van der Waals surface area contributed by atoms with Crippen LogP contribution >= 0.6 is 11.3 Å². The monoisotopic (exact) mass is 394 g/mol. The first-order valence-electron chi connectivity index (χ1n) is 8.49. The lowest BCUT2D eigenvalue weighted by Gasteiger charge is -2.19. The van der Waals surface area contributed by atoms with Crippen molar-refractivity contribution in [2.45, 2.75) is 51.0 Å². The van der Waals surface area contributed by atoms with Crippen LogP contribution in [0.2, 0.25) is 0 Å². The first-order valence-corrected chi connectivity index (χ1v) is 10.9. The fraction of sp³-hybridized carbons (Fsp3) is 0.421. The fourth-order valence-corrected chi connectivity index (χ4v) is 4.25. The molecule has 0 saturated heterocycles. The molecule has 0 spiro atoms. The number of hydrogen-bond donors (Lipinski definition) is 2. The van der Waals surface area contributed by atoms with Gasteiger partial charge in [0.15, 0.2) is 0 Å². The zero-order valence-corrected chi connectivity index (χ0v) is 17.3. The van der Waals surface area contributed by atoms with E-state index in [2.05, 4.69) is 30.8 Å². The van der Waals surface area contributed by atoms with Gasteiger partial charge < -0.3 is 5.32 Å². The van der Waals surface area contributed by atoms with E-state index in [1.54, 1.807) is 23.5 Å². The van der Waals surface area contributed by atoms with Gasteiger partial charge in [0.1, 0.15) is 0 Å². The highest BCUT2D eigenvalue weighted by Crippen LogP contribution is 2.23. The number of rotatable bonds is 7. The van der Waals surface area contributed by atoms with Gasteiger partial charge in [0, 0.05) is 17.8 Å². The van der Waals surface area contributed by atoms with Gasteiger partial charge in [0.05, 0.1) is 11.4 Å². The van der Waals surface area contributed by atoms with Gasteiger partial charge >= 0.3 is 0 Å². The maximum Gasteiger partial charge on any atom is 0.240 e. The second-order valence-corrected chi connectivity index (χ2v) is 9.99. The summed E-state index contributed by atoms with van der Waals surface area (Å²) in [6.45, 7) is 8.76. The van der Waals surface area contributed by atoms with Gasteiger partial charge in [0.2, 0.25) is 15.9 Å². The minimum absolute atomic E-state index is 0.0330. The van der Waals surface area contributed by atoms with Crippen LogP contribution in [0, 0.1) is 6.92 Å². The zero-order chi connectivity index (χ0) is 19.4. The summed E-state index contributed by atoms with van der Waals surface area (Å²) in [5.74, 6) is -0.177. The summed E-state index contributed by atoms with van der Waals surface area (Å²) in [4.78, 5) is 13.2. The van der Waals surface area contributed by atoms with Crippen LogP contribution in [0.3, 0.4) is 0 Å². The SMILES string of the molecule is Cc1ccsc1CNC(=O)CCNS(=O)(=O)c1ccc(C(C)(C)C)cc1. The average molecular weight is 395 g/mol. The Labute approximate surface area is 159 Å². The van der Waals surface area contributed by atoms with Crippen molar-refractivity contribution >= 4 is 27.3 Å². The van der Waals surface area contributed by atoms with Crippen molar-refractivity contribution < 1.29 is 13.2 Å². The molecule has 0 aliphatic carbocycles. The van der Waals surface area contributed by atoms with E-state index in [1.807, 2.05) is 30.5 Å². The Bertz CT molecular complexity index is 848. The van der Waals surface area contributed by atoms with Gasteiger partial charge in [-0.2, -0.15) is 0 Å². The molecule has 0 unspecified atom stereocenters. The predicted molar refractivity (Wildman–Crippen MR) is 106 cm³/mol. The zero-order valence-electron chi connectivity index (χ0n) is 15.6. The quantitative estimate of drug-likeness (QED) is 0.756. The van der Waals surface area contributed by atoms with Crippen LogP contribution in [-0.4, -0.2) is 20.9 Å². The van der Waals surface area contributed by atoms with E-state index >= 15 is 0 Å². The number of amides is 1. The van der Waals surface area contributed by atoms with Crippen molar-refractivity contribution in [3.8, 4) is 0 Å². The van der Waals surface area contributed by atoms with E-state index in [-0.39, 0.29) is 29.2 Å². The molecule has 1 aromatic carbocycles. The molecule has 0 bridgehead atoms. The standard InChI is InChI=1S/C19H26N2O3S2/c1-14-10-12-25-17(14)13-20-18(22)9-11-21-26(23,24)16-7-5-15(6-8-16)19(2,3)4/h5-8,10,12,21H,9,11,13H2,1-4H3,(H,20,22). The van der Waals surface area contributed by atoms with Gasteiger partial charge in [-0.3, -0.25) is 4.79 Å². The molecule has 142 valence electrons. The van der Waals surface area contributed by atoms with Gasteiger partial charge in [0.25, 0.3) is 0 Å². The molecule has 2 N–H and O–H groups in total. The lowest BCUT2D eigenvalue weighted by molar-refractivity contribution is -0.121. The lowest BCUT2D eigenvalue weighted by Crippen LogP contribution is -2.30. The van der Waals surface area contributed by atoms with E-state index in [4.69, 9.17) is 0 Å². The molecule has 1 amide bonds. The van der Waals surface area contributed by atoms with Crippen LogP contribution < -0.4 is 10.0 Å². The number of benzene rings is 1. The summed E-state index contributed by atoms with van der Waals surface area (Å²) >= 11 is 1.59. The third-order valence-electron chi connectivity index (χ3n) is 4.09.